The van der Waals surface area contributed by atoms with E-state index in [-0.39, 0.29) is 12.4 Å². The number of halogens is 3. The highest BCUT2D eigenvalue weighted by atomic mass is 79.9. The predicted molar refractivity (Wildman–Crippen MR) is 74.8 cm³/mol. The molecule has 0 aliphatic carbocycles. The zero-order chi connectivity index (χ0) is 14.7. The van der Waals surface area contributed by atoms with Crippen LogP contribution in [0.25, 0.3) is 0 Å². The van der Waals surface area contributed by atoms with Crippen LogP contribution in [0.5, 0.6) is 5.75 Å². The van der Waals surface area contributed by atoms with Crippen LogP contribution in [-0.2, 0) is 6.61 Å². The van der Waals surface area contributed by atoms with Gasteiger partial charge in [-0.15, -0.1) is 0 Å². The van der Waals surface area contributed by atoms with Gasteiger partial charge in [0.15, 0.2) is 17.4 Å². The lowest BCUT2D eigenvalue weighted by molar-refractivity contribution is 0.101. The van der Waals surface area contributed by atoms with Crippen LogP contribution in [0.3, 0.4) is 0 Å². The molecule has 104 valence electrons. The maximum Gasteiger partial charge on any atom is 0.163 e. The highest BCUT2D eigenvalue weighted by molar-refractivity contribution is 9.10. The van der Waals surface area contributed by atoms with Crippen molar-refractivity contribution in [2.45, 2.75) is 13.5 Å². The largest absolute Gasteiger partial charge is 0.488 e. The van der Waals surface area contributed by atoms with Gasteiger partial charge >= 0.3 is 0 Å². The Morgan fingerprint density at radius 2 is 1.90 bits per heavy atom. The first-order valence-electron chi connectivity index (χ1n) is 5.84. The minimum Gasteiger partial charge on any atom is -0.488 e. The third kappa shape index (κ3) is 3.42. The zero-order valence-corrected chi connectivity index (χ0v) is 12.2. The van der Waals surface area contributed by atoms with Crippen LogP contribution in [0.1, 0.15) is 22.8 Å². The minimum atomic E-state index is -0.924. The number of ether oxygens (including phenoxy) is 1. The molecule has 2 nitrogen and oxygen atoms in total. The molecule has 2 aromatic carbocycles. The van der Waals surface area contributed by atoms with Gasteiger partial charge in [-0.05, 0) is 42.8 Å². The van der Waals surface area contributed by atoms with Crippen molar-refractivity contribution in [2.24, 2.45) is 0 Å². The van der Waals surface area contributed by atoms with Crippen molar-refractivity contribution in [2.75, 3.05) is 0 Å². The summed E-state index contributed by atoms with van der Waals surface area (Å²) < 4.78 is 32.2. The fourth-order valence-electron chi connectivity index (χ4n) is 1.70. The standard InChI is InChI=1S/C15H11BrF2O2/c1-9(19)12-4-3-11(16)7-15(12)20-8-10-2-5-13(17)14(18)6-10/h2-7H,8H2,1H3. The van der Waals surface area contributed by atoms with E-state index in [0.29, 0.717) is 16.9 Å². The molecule has 0 aliphatic rings. The van der Waals surface area contributed by atoms with Crippen molar-refractivity contribution in [1.82, 2.24) is 0 Å². The van der Waals surface area contributed by atoms with Crippen molar-refractivity contribution < 1.29 is 18.3 Å². The van der Waals surface area contributed by atoms with E-state index in [2.05, 4.69) is 15.9 Å². The van der Waals surface area contributed by atoms with Crippen LogP contribution in [-0.4, -0.2) is 5.78 Å². The summed E-state index contributed by atoms with van der Waals surface area (Å²) in [6, 6.07) is 8.59. The van der Waals surface area contributed by atoms with Gasteiger partial charge in [0.2, 0.25) is 0 Å². The molecule has 0 saturated carbocycles. The molecule has 0 spiro atoms. The number of benzene rings is 2. The monoisotopic (exact) mass is 340 g/mol. The van der Waals surface area contributed by atoms with Crippen molar-refractivity contribution in [3.05, 3.63) is 63.6 Å². The molecule has 2 rings (SSSR count). The second-order valence-electron chi connectivity index (χ2n) is 4.23. The second kappa shape index (κ2) is 6.13. The Balaban J connectivity index is 2.20. The molecular weight excluding hydrogens is 330 g/mol. The summed E-state index contributed by atoms with van der Waals surface area (Å²) in [6.07, 6.45) is 0. The topological polar surface area (TPSA) is 26.3 Å². The first-order chi connectivity index (χ1) is 9.47. The summed E-state index contributed by atoms with van der Waals surface area (Å²) >= 11 is 3.29. The number of carbonyl (C=O) groups is 1. The summed E-state index contributed by atoms with van der Waals surface area (Å²) in [5, 5.41) is 0. The fraction of sp³-hybridized carbons (Fsp3) is 0.133. The van der Waals surface area contributed by atoms with Crippen molar-refractivity contribution >= 4 is 21.7 Å². The van der Waals surface area contributed by atoms with E-state index >= 15 is 0 Å². The second-order valence-corrected chi connectivity index (χ2v) is 5.15. The number of carbonyl (C=O) groups excluding carboxylic acids is 1. The summed E-state index contributed by atoms with van der Waals surface area (Å²) in [4.78, 5) is 11.5. The first kappa shape index (κ1) is 14.7. The van der Waals surface area contributed by atoms with Crippen LogP contribution < -0.4 is 4.74 Å². The van der Waals surface area contributed by atoms with Crippen LogP contribution in [0, 0.1) is 11.6 Å². The lowest BCUT2D eigenvalue weighted by Gasteiger charge is -2.10. The van der Waals surface area contributed by atoms with Gasteiger partial charge in [-0.25, -0.2) is 8.78 Å². The van der Waals surface area contributed by atoms with Crippen LogP contribution in [0.15, 0.2) is 40.9 Å². The molecule has 0 fully saturated rings. The molecule has 0 heterocycles. The number of Topliss-reactive ketones (excluding diaryl/α,β-unsaturated/α-hetero) is 1. The Morgan fingerprint density at radius 3 is 2.55 bits per heavy atom. The molecule has 5 heteroatoms. The Bertz CT molecular complexity index is 656. The van der Waals surface area contributed by atoms with E-state index in [1.165, 1.54) is 13.0 Å². The zero-order valence-electron chi connectivity index (χ0n) is 10.6. The Morgan fingerprint density at radius 1 is 1.15 bits per heavy atom. The van der Waals surface area contributed by atoms with Gasteiger partial charge in [0.1, 0.15) is 12.4 Å². The maximum atomic E-state index is 13.1. The van der Waals surface area contributed by atoms with Gasteiger partial charge in [-0.2, -0.15) is 0 Å². The van der Waals surface area contributed by atoms with E-state index in [1.807, 2.05) is 0 Å². The summed E-state index contributed by atoms with van der Waals surface area (Å²) in [5.74, 6) is -1.55. The van der Waals surface area contributed by atoms with Crippen molar-refractivity contribution in [3.63, 3.8) is 0 Å². The van der Waals surface area contributed by atoms with Gasteiger partial charge < -0.3 is 4.74 Å². The first-order valence-corrected chi connectivity index (χ1v) is 6.64. The molecule has 0 N–H and O–H groups in total. The average Bonchev–Trinajstić information content (AvgIpc) is 2.40. The van der Waals surface area contributed by atoms with E-state index in [0.717, 1.165) is 16.6 Å². The van der Waals surface area contributed by atoms with Crippen LogP contribution in [0.4, 0.5) is 8.78 Å². The average molecular weight is 341 g/mol. The highest BCUT2D eigenvalue weighted by Gasteiger charge is 2.10. The molecule has 0 aliphatic heterocycles. The maximum absolute atomic E-state index is 13.1. The summed E-state index contributed by atoms with van der Waals surface area (Å²) in [5.41, 5.74) is 0.925. The predicted octanol–water partition coefficient (Wildman–Crippen LogP) is 4.51. The third-order valence-electron chi connectivity index (χ3n) is 2.70. The molecular formula is C15H11BrF2O2. The highest BCUT2D eigenvalue weighted by Crippen LogP contribution is 2.25. The Kier molecular flexibility index (Phi) is 4.49. The number of hydrogen-bond acceptors (Lipinski definition) is 2. The molecule has 0 atom stereocenters. The Hall–Kier alpha value is -1.75. The van der Waals surface area contributed by atoms with Gasteiger partial charge in [0.25, 0.3) is 0 Å². The molecule has 0 amide bonds. The lowest BCUT2D eigenvalue weighted by Crippen LogP contribution is -2.02. The summed E-state index contributed by atoms with van der Waals surface area (Å²) in [7, 11) is 0. The molecule has 0 aromatic heterocycles. The minimum absolute atomic E-state index is 0.0495. The number of hydrogen-bond donors (Lipinski definition) is 0. The lowest BCUT2D eigenvalue weighted by atomic mass is 10.1. The van der Waals surface area contributed by atoms with Gasteiger partial charge in [0.05, 0.1) is 5.56 Å². The normalized spacial score (nSPS) is 10.4. The number of ketones is 1. The van der Waals surface area contributed by atoms with E-state index in [9.17, 15) is 13.6 Å². The molecule has 0 unspecified atom stereocenters. The van der Waals surface area contributed by atoms with Crippen LogP contribution >= 0.6 is 15.9 Å². The van der Waals surface area contributed by atoms with E-state index in [1.54, 1.807) is 18.2 Å². The van der Waals surface area contributed by atoms with E-state index < -0.39 is 11.6 Å². The Labute approximate surface area is 123 Å². The van der Waals surface area contributed by atoms with Gasteiger partial charge in [-0.1, -0.05) is 22.0 Å². The van der Waals surface area contributed by atoms with Gasteiger partial charge in [-0.3, -0.25) is 4.79 Å². The molecule has 0 saturated heterocycles. The van der Waals surface area contributed by atoms with Gasteiger partial charge in [0, 0.05) is 4.47 Å². The quantitative estimate of drug-likeness (QED) is 0.765. The molecule has 20 heavy (non-hydrogen) atoms. The SMILES string of the molecule is CC(=O)c1ccc(Br)cc1OCc1ccc(F)c(F)c1. The van der Waals surface area contributed by atoms with Crippen molar-refractivity contribution in [1.29, 1.82) is 0 Å². The molecule has 2 aromatic rings. The van der Waals surface area contributed by atoms with E-state index in [4.69, 9.17) is 4.74 Å². The number of rotatable bonds is 4. The fourth-order valence-corrected chi connectivity index (χ4v) is 2.04. The molecule has 0 radical (unpaired) electrons. The summed E-state index contributed by atoms with van der Waals surface area (Å²) in [6.45, 7) is 1.49. The molecule has 0 bridgehead atoms. The third-order valence-corrected chi connectivity index (χ3v) is 3.19. The van der Waals surface area contributed by atoms with Crippen molar-refractivity contribution in [3.8, 4) is 5.75 Å². The smallest absolute Gasteiger partial charge is 0.163 e. The van der Waals surface area contributed by atoms with Crippen LogP contribution in [0.2, 0.25) is 0 Å².